The normalized spacial score (nSPS) is 51.5. The minimum absolute atomic E-state index is 0.00736. The standard InChI is InChI=1S/C21H32O3/c1-18(2)8-4-9-19(3)16(18)6-5-14-7-10-21(23-11-12-24-21)17-15(22)13-20(14,17)19/h14,16-17H,4-13H2,1-3H3/t14-,16-,17+,19-,20+/m0/s1. The molecule has 0 amide bonds. The number of hydrogen-bond acceptors (Lipinski definition) is 3. The quantitative estimate of drug-likeness (QED) is 0.662. The number of carbonyl (C=O) groups excluding carboxylic acids is 1. The smallest absolute Gasteiger partial charge is 0.178 e. The Bertz CT molecular complexity index is 576. The molecule has 0 aromatic rings. The van der Waals surface area contributed by atoms with Crippen molar-refractivity contribution in [2.24, 2.45) is 34.0 Å². The Morgan fingerprint density at radius 1 is 0.958 bits per heavy atom. The van der Waals surface area contributed by atoms with Crippen LogP contribution in [0, 0.1) is 34.0 Å². The van der Waals surface area contributed by atoms with Crippen LogP contribution in [0.15, 0.2) is 0 Å². The topological polar surface area (TPSA) is 35.5 Å². The van der Waals surface area contributed by atoms with Gasteiger partial charge in [0.15, 0.2) is 5.79 Å². The van der Waals surface area contributed by atoms with Crippen LogP contribution in [0.4, 0.5) is 0 Å². The van der Waals surface area contributed by atoms with Crippen LogP contribution in [0.5, 0.6) is 0 Å². The van der Waals surface area contributed by atoms with Crippen molar-refractivity contribution in [1.29, 1.82) is 0 Å². The molecular formula is C21H32O3. The van der Waals surface area contributed by atoms with E-state index in [1.165, 1.54) is 38.5 Å². The zero-order valence-corrected chi connectivity index (χ0v) is 15.5. The number of Topliss-reactive ketones (excluding diaryl/α,β-unsaturated/α-hetero) is 1. The van der Waals surface area contributed by atoms with Gasteiger partial charge in [0.1, 0.15) is 5.78 Å². The van der Waals surface area contributed by atoms with Crippen LogP contribution in [0.2, 0.25) is 0 Å². The molecule has 1 heterocycles. The number of carbonyl (C=O) groups is 1. The average Bonchev–Trinajstić information content (AvgIpc) is 2.94. The molecule has 4 saturated carbocycles. The van der Waals surface area contributed by atoms with E-state index in [9.17, 15) is 4.79 Å². The second kappa shape index (κ2) is 4.65. The molecule has 5 atom stereocenters. The van der Waals surface area contributed by atoms with Gasteiger partial charge in [-0.3, -0.25) is 4.79 Å². The summed E-state index contributed by atoms with van der Waals surface area (Å²) in [5.74, 6) is 1.30. The van der Waals surface area contributed by atoms with Crippen LogP contribution in [0.3, 0.4) is 0 Å². The lowest BCUT2D eigenvalue weighted by Crippen LogP contribution is -2.75. The Morgan fingerprint density at radius 2 is 1.71 bits per heavy atom. The molecule has 0 radical (unpaired) electrons. The van der Waals surface area contributed by atoms with E-state index in [1.54, 1.807) is 0 Å². The van der Waals surface area contributed by atoms with Crippen molar-refractivity contribution < 1.29 is 14.3 Å². The Hall–Kier alpha value is -0.410. The summed E-state index contributed by atoms with van der Waals surface area (Å²) in [6.45, 7) is 8.82. The van der Waals surface area contributed by atoms with E-state index in [1.807, 2.05) is 0 Å². The van der Waals surface area contributed by atoms with Gasteiger partial charge in [0.2, 0.25) is 0 Å². The summed E-state index contributed by atoms with van der Waals surface area (Å²) < 4.78 is 12.3. The summed E-state index contributed by atoms with van der Waals surface area (Å²) in [4.78, 5) is 12.9. The van der Waals surface area contributed by atoms with E-state index in [-0.39, 0.29) is 16.7 Å². The van der Waals surface area contributed by atoms with Crippen molar-refractivity contribution in [3.8, 4) is 0 Å². The van der Waals surface area contributed by atoms with Crippen molar-refractivity contribution in [2.75, 3.05) is 13.2 Å². The molecular weight excluding hydrogens is 300 g/mol. The number of fused-ring (bicyclic) bond motifs is 2. The van der Waals surface area contributed by atoms with Crippen LogP contribution in [-0.2, 0) is 14.3 Å². The summed E-state index contributed by atoms with van der Waals surface area (Å²) in [7, 11) is 0. The van der Waals surface area contributed by atoms with Gasteiger partial charge in [0.05, 0.1) is 19.1 Å². The van der Waals surface area contributed by atoms with Crippen LogP contribution < -0.4 is 0 Å². The number of ketones is 1. The SMILES string of the molecule is CC1(C)CCC[C@@]2(C)[C@H]1CC[C@H]1CCC3(OCCO3)[C@@H]3C(=O)C[C@@]132. The third-order valence-corrected chi connectivity index (χ3v) is 9.19. The highest BCUT2D eigenvalue weighted by Gasteiger charge is 2.77. The first-order valence-corrected chi connectivity index (χ1v) is 10.2. The lowest BCUT2D eigenvalue weighted by molar-refractivity contribution is -0.319. The largest absolute Gasteiger partial charge is 0.347 e. The van der Waals surface area contributed by atoms with Gasteiger partial charge in [-0.2, -0.15) is 0 Å². The maximum atomic E-state index is 12.9. The van der Waals surface area contributed by atoms with Crippen molar-refractivity contribution in [1.82, 2.24) is 0 Å². The minimum atomic E-state index is -0.571. The highest BCUT2D eigenvalue weighted by atomic mass is 16.7. The van der Waals surface area contributed by atoms with E-state index in [2.05, 4.69) is 20.8 Å². The van der Waals surface area contributed by atoms with Crippen molar-refractivity contribution in [3.63, 3.8) is 0 Å². The molecule has 1 saturated heterocycles. The molecule has 5 fully saturated rings. The van der Waals surface area contributed by atoms with E-state index in [0.29, 0.717) is 30.3 Å². The average molecular weight is 332 g/mol. The molecule has 0 N–H and O–H groups in total. The molecule has 1 aliphatic heterocycles. The summed E-state index contributed by atoms with van der Waals surface area (Å²) in [6.07, 6.45) is 9.51. The van der Waals surface area contributed by atoms with Crippen LogP contribution >= 0.6 is 0 Å². The van der Waals surface area contributed by atoms with Crippen LogP contribution in [0.1, 0.15) is 72.1 Å². The predicted octanol–water partition coefficient (Wildman–Crippen LogP) is 4.34. The highest BCUT2D eigenvalue weighted by Crippen LogP contribution is 2.77. The molecule has 3 nitrogen and oxygen atoms in total. The van der Waals surface area contributed by atoms with Gasteiger partial charge in [-0.15, -0.1) is 0 Å². The van der Waals surface area contributed by atoms with E-state index >= 15 is 0 Å². The fourth-order valence-corrected chi connectivity index (χ4v) is 8.38. The first-order valence-electron chi connectivity index (χ1n) is 10.2. The second-order valence-electron chi connectivity index (χ2n) is 10.3. The van der Waals surface area contributed by atoms with Gasteiger partial charge in [-0.05, 0) is 54.8 Å². The first-order chi connectivity index (χ1) is 11.4. The highest BCUT2D eigenvalue weighted by molar-refractivity contribution is 5.91. The molecule has 2 spiro atoms. The van der Waals surface area contributed by atoms with Crippen molar-refractivity contribution in [2.45, 2.75) is 77.9 Å². The van der Waals surface area contributed by atoms with E-state index in [0.717, 1.165) is 18.8 Å². The Kier molecular flexibility index (Phi) is 3.06. The first kappa shape index (κ1) is 15.8. The lowest BCUT2D eigenvalue weighted by Gasteiger charge is -2.74. The number of ether oxygens (including phenoxy) is 2. The van der Waals surface area contributed by atoms with E-state index < -0.39 is 5.79 Å². The summed E-state index contributed by atoms with van der Waals surface area (Å²) in [5.41, 5.74) is 0.824. The fraction of sp³-hybridized carbons (Fsp3) is 0.952. The van der Waals surface area contributed by atoms with E-state index in [4.69, 9.17) is 9.47 Å². The summed E-state index contributed by atoms with van der Waals surface area (Å²) in [6, 6.07) is 0. The van der Waals surface area contributed by atoms with Gasteiger partial charge in [-0.1, -0.05) is 27.2 Å². The van der Waals surface area contributed by atoms with Crippen molar-refractivity contribution >= 4 is 5.78 Å². The molecule has 5 aliphatic rings. The van der Waals surface area contributed by atoms with Crippen molar-refractivity contribution in [3.05, 3.63) is 0 Å². The van der Waals surface area contributed by atoms with Gasteiger partial charge < -0.3 is 9.47 Å². The second-order valence-corrected chi connectivity index (χ2v) is 10.3. The zero-order chi connectivity index (χ0) is 16.8. The Labute approximate surface area is 145 Å². The molecule has 134 valence electrons. The lowest BCUT2D eigenvalue weighted by atomic mass is 9.30. The molecule has 0 aromatic heterocycles. The van der Waals surface area contributed by atoms with Crippen LogP contribution in [0.25, 0.3) is 0 Å². The number of hydrogen-bond donors (Lipinski definition) is 0. The predicted molar refractivity (Wildman–Crippen MR) is 91.4 cm³/mol. The fourth-order valence-electron chi connectivity index (χ4n) is 8.38. The molecule has 24 heavy (non-hydrogen) atoms. The third kappa shape index (κ3) is 1.60. The minimum Gasteiger partial charge on any atom is -0.347 e. The monoisotopic (exact) mass is 332 g/mol. The number of rotatable bonds is 0. The van der Waals surface area contributed by atoms with Gasteiger partial charge in [-0.25, -0.2) is 0 Å². The third-order valence-electron chi connectivity index (χ3n) is 9.19. The van der Waals surface area contributed by atoms with Gasteiger partial charge in [0.25, 0.3) is 0 Å². The zero-order valence-electron chi connectivity index (χ0n) is 15.5. The van der Waals surface area contributed by atoms with Gasteiger partial charge in [0, 0.05) is 18.3 Å². The molecule has 3 heteroatoms. The van der Waals surface area contributed by atoms with Crippen LogP contribution in [-0.4, -0.2) is 24.8 Å². The Balaban J connectivity index is 1.63. The summed E-state index contributed by atoms with van der Waals surface area (Å²) >= 11 is 0. The molecule has 0 bridgehead atoms. The molecule has 0 aromatic carbocycles. The Morgan fingerprint density at radius 3 is 2.42 bits per heavy atom. The maximum absolute atomic E-state index is 12.9. The molecule has 4 aliphatic carbocycles. The molecule has 5 rings (SSSR count). The summed E-state index contributed by atoms with van der Waals surface area (Å²) in [5, 5.41) is 0. The maximum Gasteiger partial charge on any atom is 0.178 e. The molecule has 0 unspecified atom stereocenters. The van der Waals surface area contributed by atoms with Gasteiger partial charge >= 0.3 is 0 Å².